The summed E-state index contributed by atoms with van der Waals surface area (Å²) in [5.41, 5.74) is 0.161. The lowest BCUT2D eigenvalue weighted by Gasteiger charge is -2.16. The van der Waals surface area contributed by atoms with Crippen LogP contribution in [0.2, 0.25) is 0 Å². The summed E-state index contributed by atoms with van der Waals surface area (Å²) in [6.45, 7) is 3.65. The van der Waals surface area contributed by atoms with E-state index in [2.05, 4.69) is 10.5 Å². The number of amides is 1. The molecule has 1 N–H and O–H groups in total. The number of aryl methyl sites for hydroxylation is 1. The standard InChI is InChI=1S/C18H22N2O6S/c1-4-5-6-15(17(21)19-16-11-12(2)26-20-16)25-18(22)13-7-9-14(10-8-13)27(3,23)24/h7-11,15H,4-6H2,1-3H3,(H,19,20,21)/t15-/m0/s1. The minimum absolute atomic E-state index is 0.0979. The molecule has 0 aliphatic rings. The van der Waals surface area contributed by atoms with E-state index in [0.717, 1.165) is 12.7 Å². The molecule has 0 radical (unpaired) electrons. The van der Waals surface area contributed by atoms with Crippen LogP contribution in [0.3, 0.4) is 0 Å². The van der Waals surface area contributed by atoms with Gasteiger partial charge in [-0.3, -0.25) is 4.79 Å². The number of nitrogens with one attached hydrogen (secondary N) is 1. The van der Waals surface area contributed by atoms with Crippen molar-refractivity contribution in [2.45, 2.75) is 44.1 Å². The molecule has 27 heavy (non-hydrogen) atoms. The van der Waals surface area contributed by atoms with Gasteiger partial charge in [-0.15, -0.1) is 0 Å². The number of hydrogen-bond donors (Lipinski definition) is 1. The molecule has 8 nitrogen and oxygen atoms in total. The van der Waals surface area contributed by atoms with Crippen LogP contribution in [0, 0.1) is 6.92 Å². The summed E-state index contributed by atoms with van der Waals surface area (Å²) >= 11 is 0. The highest BCUT2D eigenvalue weighted by Gasteiger charge is 2.24. The lowest BCUT2D eigenvalue weighted by molar-refractivity contribution is -0.125. The Morgan fingerprint density at radius 1 is 1.26 bits per heavy atom. The number of aromatic nitrogens is 1. The Hall–Kier alpha value is -2.68. The van der Waals surface area contributed by atoms with Crippen LogP contribution in [0.5, 0.6) is 0 Å². The predicted molar refractivity (Wildman–Crippen MR) is 98.2 cm³/mol. The third-order valence-electron chi connectivity index (χ3n) is 3.76. The molecular weight excluding hydrogens is 372 g/mol. The van der Waals surface area contributed by atoms with Crippen molar-refractivity contribution in [3.05, 3.63) is 41.7 Å². The summed E-state index contributed by atoms with van der Waals surface area (Å²) in [5.74, 6) is -0.425. The van der Waals surface area contributed by atoms with Gasteiger partial charge in [-0.2, -0.15) is 0 Å². The molecule has 0 fully saturated rings. The SMILES string of the molecule is CCCC[C@H](OC(=O)c1ccc(S(C)(=O)=O)cc1)C(=O)Nc1cc(C)on1. The van der Waals surface area contributed by atoms with Gasteiger partial charge in [0.05, 0.1) is 10.5 Å². The molecule has 2 aromatic rings. The minimum atomic E-state index is -3.36. The number of anilines is 1. The van der Waals surface area contributed by atoms with E-state index in [4.69, 9.17) is 9.26 Å². The first-order valence-electron chi connectivity index (χ1n) is 8.46. The number of hydrogen-bond acceptors (Lipinski definition) is 7. The Morgan fingerprint density at radius 3 is 2.44 bits per heavy atom. The maximum absolute atomic E-state index is 12.4. The second kappa shape index (κ2) is 8.81. The maximum Gasteiger partial charge on any atom is 0.338 e. The average Bonchev–Trinajstić information content (AvgIpc) is 3.02. The quantitative estimate of drug-likeness (QED) is 0.684. The number of nitrogens with zero attached hydrogens (tertiary/aromatic N) is 1. The fourth-order valence-corrected chi connectivity index (χ4v) is 2.93. The molecular formula is C18H22N2O6S. The zero-order valence-corrected chi connectivity index (χ0v) is 16.2. The van der Waals surface area contributed by atoms with Gasteiger partial charge in [0.2, 0.25) is 0 Å². The van der Waals surface area contributed by atoms with E-state index in [-0.39, 0.29) is 16.3 Å². The highest BCUT2D eigenvalue weighted by atomic mass is 32.2. The van der Waals surface area contributed by atoms with Crippen molar-refractivity contribution in [1.82, 2.24) is 5.16 Å². The molecule has 146 valence electrons. The first-order valence-corrected chi connectivity index (χ1v) is 10.3. The Bertz CT molecular complexity index is 902. The van der Waals surface area contributed by atoms with Crippen molar-refractivity contribution < 1.29 is 27.3 Å². The third-order valence-corrected chi connectivity index (χ3v) is 4.89. The van der Waals surface area contributed by atoms with Crippen LogP contribution in [-0.4, -0.2) is 37.8 Å². The summed E-state index contributed by atoms with van der Waals surface area (Å²) in [5, 5.41) is 6.24. The zero-order valence-electron chi connectivity index (χ0n) is 15.4. The lowest BCUT2D eigenvalue weighted by Crippen LogP contribution is -2.32. The van der Waals surface area contributed by atoms with Crippen LogP contribution in [-0.2, 0) is 19.4 Å². The second-order valence-corrected chi connectivity index (χ2v) is 8.16. The van der Waals surface area contributed by atoms with Gasteiger partial charge >= 0.3 is 5.97 Å². The number of sulfone groups is 1. The summed E-state index contributed by atoms with van der Waals surface area (Å²) in [6, 6.07) is 6.92. The van der Waals surface area contributed by atoms with Crippen molar-refractivity contribution in [3.63, 3.8) is 0 Å². The average molecular weight is 394 g/mol. The van der Waals surface area contributed by atoms with E-state index in [1.54, 1.807) is 13.0 Å². The Morgan fingerprint density at radius 2 is 1.93 bits per heavy atom. The van der Waals surface area contributed by atoms with E-state index in [0.29, 0.717) is 18.6 Å². The molecule has 2 rings (SSSR count). The maximum atomic E-state index is 12.4. The molecule has 0 bridgehead atoms. The number of unbranched alkanes of at least 4 members (excludes halogenated alkanes) is 1. The highest BCUT2D eigenvalue weighted by molar-refractivity contribution is 7.90. The van der Waals surface area contributed by atoms with Gasteiger partial charge < -0.3 is 14.6 Å². The minimum Gasteiger partial charge on any atom is -0.449 e. The molecule has 0 saturated carbocycles. The van der Waals surface area contributed by atoms with Crippen molar-refractivity contribution >= 4 is 27.5 Å². The van der Waals surface area contributed by atoms with E-state index in [1.807, 2.05) is 6.92 Å². The summed E-state index contributed by atoms with van der Waals surface area (Å²) in [4.78, 5) is 24.9. The van der Waals surface area contributed by atoms with Gasteiger partial charge in [-0.1, -0.05) is 18.5 Å². The van der Waals surface area contributed by atoms with Gasteiger partial charge in [-0.05, 0) is 44.0 Å². The predicted octanol–water partition coefficient (Wildman–Crippen LogP) is 2.74. The molecule has 1 aromatic heterocycles. The molecule has 0 saturated heterocycles. The lowest BCUT2D eigenvalue weighted by atomic mass is 10.1. The Kier molecular flexibility index (Phi) is 6.73. The topological polar surface area (TPSA) is 116 Å². The van der Waals surface area contributed by atoms with Crippen LogP contribution in [0.15, 0.2) is 39.8 Å². The number of carbonyl (C=O) groups is 2. The Labute approximate surface area is 157 Å². The fourth-order valence-electron chi connectivity index (χ4n) is 2.30. The van der Waals surface area contributed by atoms with Gasteiger partial charge in [0.1, 0.15) is 5.76 Å². The van der Waals surface area contributed by atoms with E-state index >= 15 is 0 Å². The van der Waals surface area contributed by atoms with Crippen molar-refractivity contribution in [2.75, 3.05) is 11.6 Å². The van der Waals surface area contributed by atoms with Crippen molar-refractivity contribution in [3.8, 4) is 0 Å². The Balaban J connectivity index is 2.09. The number of ether oxygens (including phenoxy) is 1. The number of esters is 1. The van der Waals surface area contributed by atoms with Gasteiger partial charge in [-0.25, -0.2) is 13.2 Å². The van der Waals surface area contributed by atoms with E-state index < -0.39 is 27.8 Å². The molecule has 0 spiro atoms. The highest BCUT2D eigenvalue weighted by Crippen LogP contribution is 2.15. The summed E-state index contributed by atoms with van der Waals surface area (Å²) in [6.07, 6.45) is 1.96. The number of rotatable bonds is 8. The van der Waals surface area contributed by atoms with Crippen LogP contribution in [0.25, 0.3) is 0 Å². The first-order chi connectivity index (χ1) is 12.7. The smallest absolute Gasteiger partial charge is 0.338 e. The molecule has 1 heterocycles. The summed E-state index contributed by atoms with van der Waals surface area (Å²) in [7, 11) is -3.36. The van der Waals surface area contributed by atoms with E-state index in [1.165, 1.54) is 24.3 Å². The molecule has 0 aliphatic heterocycles. The van der Waals surface area contributed by atoms with E-state index in [9.17, 15) is 18.0 Å². The molecule has 1 aromatic carbocycles. The third kappa shape index (κ3) is 5.92. The molecule has 9 heteroatoms. The molecule has 0 aliphatic carbocycles. The fraction of sp³-hybridized carbons (Fsp3) is 0.389. The van der Waals surface area contributed by atoms with Crippen LogP contribution >= 0.6 is 0 Å². The van der Waals surface area contributed by atoms with Crippen molar-refractivity contribution in [2.24, 2.45) is 0 Å². The normalized spacial score (nSPS) is 12.4. The van der Waals surface area contributed by atoms with Gasteiger partial charge in [0.15, 0.2) is 21.8 Å². The monoisotopic (exact) mass is 394 g/mol. The van der Waals surface area contributed by atoms with Crippen LogP contribution in [0.4, 0.5) is 5.82 Å². The molecule has 1 atom stereocenters. The number of carbonyl (C=O) groups excluding carboxylic acids is 2. The van der Waals surface area contributed by atoms with Crippen LogP contribution < -0.4 is 5.32 Å². The van der Waals surface area contributed by atoms with Gasteiger partial charge in [0.25, 0.3) is 5.91 Å². The second-order valence-electron chi connectivity index (χ2n) is 6.14. The van der Waals surface area contributed by atoms with Crippen molar-refractivity contribution in [1.29, 1.82) is 0 Å². The number of benzene rings is 1. The first kappa shape index (κ1) is 20.6. The molecule has 1 amide bonds. The van der Waals surface area contributed by atoms with Crippen LogP contribution in [0.1, 0.15) is 42.3 Å². The van der Waals surface area contributed by atoms with Gasteiger partial charge in [0, 0.05) is 12.3 Å². The molecule has 0 unspecified atom stereocenters. The zero-order chi connectivity index (χ0) is 20.0. The summed E-state index contributed by atoms with van der Waals surface area (Å²) < 4.78 is 33.2. The largest absolute Gasteiger partial charge is 0.449 e.